The number of aromatic amines is 1. The Kier molecular flexibility index (Phi) is 4.33. The molecule has 4 rings (SSSR count). The number of nitrogens with zero attached hydrogens (tertiary/aromatic N) is 1. The van der Waals surface area contributed by atoms with E-state index in [2.05, 4.69) is 15.3 Å². The molecule has 2 heterocycles. The number of amides is 2. The maximum absolute atomic E-state index is 13.3. The first-order chi connectivity index (χ1) is 13.0. The van der Waals surface area contributed by atoms with Crippen LogP contribution in [0, 0.1) is 5.82 Å². The minimum Gasteiger partial charge on any atom is -0.368 e. The van der Waals surface area contributed by atoms with Crippen LogP contribution in [0.2, 0.25) is 0 Å². The second-order valence-corrected chi connectivity index (χ2v) is 7.21. The van der Waals surface area contributed by atoms with E-state index in [0.29, 0.717) is 21.7 Å². The molecule has 27 heavy (non-hydrogen) atoms. The van der Waals surface area contributed by atoms with Gasteiger partial charge >= 0.3 is 0 Å². The lowest BCUT2D eigenvalue weighted by Crippen LogP contribution is -2.45. The fraction of sp³-hybridized carbons (Fsp3) is 0.105. The van der Waals surface area contributed by atoms with E-state index in [-0.39, 0.29) is 18.1 Å². The molecule has 2 amide bonds. The number of primary amides is 1. The molecule has 8 heteroatoms. The zero-order chi connectivity index (χ0) is 19.0. The average Bonchev–Trinajstić information content (AvgIpc) is 3.23. The molecule has 0 radical (unpaired) electrons. The van der Waals surface area contributed by atoms with Crippen molar-refractivity contribution in [3.8, 4) is 0 Å². The molecule has 0 aliphatic carbocycles. The molecular formula is C19H15FN4O2S. The highest BCUT2D eigenvalue weighted by molar-refractivity contribution is 7.20. The van der Waals surface area contributed by atoms with Gasteiger partial charge in [-0.1, -0.05) is 18.2 Å². The molecule has 0 aliphatic heterocycles. The first kappa shape index (κ1) is 17.2. The maximum Gasteiger partial charge on any atom is 0.262 e. The van der Waals surface area contributed by atoms with Gasteiger partial charge in [0.1, 0.15) is 17.7 Å². The number of carbonyl (C=O) groups is 2. The summed E-state index contributed by atoms with van der Waals surface area (Å²) in [6.45, 7) is 0. The molecule has 136 valence electrons. The van der Waals surface area contributed by atoms with Crippen LogP contribution >= 0.6 is 11.3 Å². The second-order valence-electron chi connectivity index (χ2n) is 6.13. The van der Waals surface area contributed by atoms with Gasteiger partial charge < -0.3 is 16.0 Å². The SMILES string of the molecule is NC(=O)[C@@H](Cc1nc2ccc(F)cc2[nH]1)NC(=O)c1cc2ccccc2s1. The monoisotopic (exact) mass is 382 g/mol. The molecule has 2 aromatic carbocycles. The molecule has 0 unspecified atom stereocenters. The van der Waals surface area contributed by atoms with Crippen molar-refractivity contribution >= 4 is 44.3 Å². The van der Waals surface area contributed by atoms with E-state index in [9.17, 15) is 14.0 Å². The molecule has 6 nitrogen and oxygen atoms in total. The first-order valence-corrected chi connectivity index (χ1v) is 9.04. The zero-order valence-corrected chi connectivity index (χ0v) is 14.8. The summed E-state index contributed by atoms with van der Waals surface area (Å²) < 4.78 is 14.3. The summed E-state index contributed by atoms with van der Waals surface area (Å²) in [5, 5.41) is 3.62. The normalized spacial score (nSPS) is 12.3. The number of H-pyrrole nitrogens is 1. The molecule has 0 saturated carbocycles. The molecule has 2 aromatic heterocycles. The molecule has 0 spiro atoms. The Morgan fingerprint density at radius 3 is 2.81 bits per heavy atom. The zero-order valence-electron chi connectivity index (χ0n) is 14.0. The summed E-state index contributed by atoms with van der Waals surface area (Å²) in [6.07, 6.45) is 0.0856. The molecule has 4 N–H and O–H groups in total. The van der Waals surface area contributed by atoms with Crippen LogP contribution in [0.4, 0.5) is 4.39 Å². The molecule has 0 saturated heterocycles. The van der Waals surface area contributed by atoms with Crippen molar-refractivity contribution < 1.29 is 14.0 Å². The second kappa shape index (κ2) is 6.81. The van der Waals surface area contributed by atoms with Gasteiger partial charge in [0.15, 0.2) is 0 Å². The number of thiophene rings is 1. The first-order valence-electron chi connectivity index (χ1n) is 8.22. The topological polar surface area (TPSA) is 101 Å². The Hall–Kier alpha value is -3.26. The van der Waals surface area contributed by atoms with Crippen LogP contribution in [0.3, 0.4) is 0 Å². The van der Waals surface area contributed by atoms with Gasteiger partial charge in [-0.15, -0.1) is 11.3 Å². The van der Waals surface area contributed by atoms with Crippen molar-refractivity contribution in [2.24, 2.45) is 5.73 Å². The van der Waals surface area contributed by atoms with Crippen LogP contribution in [0.15, 0.2) is 48.5 Å². The predicted molar refractivity (Wildman–Crippen MR) is 102 cm³/mol. The molecule has 4 aromatic rings. The highest BCUT2D eigenvalue weighted by Gasteiger charge is 2.22. The fourth-order valence-corrected chi connectivity index (χ4v) is 3.84. The minimum atomic E-state index is -0.937. The van der Waals surface area contributed by atoms with Crippen molar-refractivity contribution in [3.63, 3.8) is 0 Å². The van der Waals surface area contributed by atoms with Gasteiger partial charge in [0, 0.05) is 11.1 Å². The van der Waals surface area contributed by atoms with Gasteiger partial charge in [-0.05, 0) is 35.7 Å². The fourth-order valence-electron chi connectivity index (χ4n) is 2.87. The number of imidazole rings is 1. The summed E-state index contributed by atoms with van der Waals surface area (Å²) in [6, 6.07) is 12.6. The molecule has 0 aliphatic rings. The summed E-state index contributed by atoms with van der Waals surface area (Å²) in [5.74, 6) is -0.989. The maximum atomic E-state index is 13.3. The van der Waals surface area contributed by atoms with Crippen molar-refractivity contribution in [2.45, 2.75) is 12.5 Å². The lowest BCUT2D eigenvalue weighted by molar-refractivity contribution is -0.119. The number of benzene rings is 2. The van der Waals surface area contributed by atoms with Gasteiger partial charge in [-0.25, -0.2) is 9.37 Å². The van der Waals surface area contributed by atoms with Crippen LogP contribution in [-0.4, -0.2) is 27.8 Å². The number of hydrogen-bond donors (Lipinski definition) is 3. The highest BCUT2D eigenvalue weighted by Crippen LogP contribution is 2.25. The Morgan fingerprint density at radius 2 is 2.04 bits per heavy atom. The number of aromatic nitrogens is 2. The van der Waals surface area contributed by atoms with E-state index < -0.39 is 11.9 Å². The van der Waals surface area contributed by atoms with Crippen LogP contribution in [0.5, 0.6) is 0 Å². The van der Waals surface area contributed by atoms with E-state index in [1.54, 1.807) is 12.1 Å². The molecule has 0 fully saturated rings. The number of hydrogen-bond acceptors (Lipinski definition) is 4. The Morgan fingerprint density at radius 1 is 1.22 bits per heavy atom. The largest absolute Gasteiger partial charge is 0.368 e. The Labute approximate surface area is 157 Å². The molecular weight excluding hydrogens is 367 g/mol. The number of carbonyl (C=O) groups excluding carboxylic acids is 2. The number of halogens is 1. The van der Waals surface area contributed by atoms with Gasteiger partial charge in [0.05, 0.1) is 15.9 Å². The standard InChI is InChI=1S/C19H15FN4O2S/c20-11-5-6-12-13(8-11)23-17(22-12)9-14(18(21)25)24-19(26)16-7-10-3-1-2-4-15(10)27-16/h1-8,14H,9H2,(H2,21,25)(H,22,23)(H,24,26)/t14-/m1/s1. The summed E-state index contributed by atoms with van der Waals surface area (Å²) >= 11 is 1.34. The average molecular weight is 382 g/mol. The predicted octanol–water partition coefficient (Wildman–Crippen LogP) is 2.74. The van der Waals surface area contributed by atoms with Crippen LogP contribution < -0.4 is 11.1 Å². The van der Waals surface area contributed by atoms with Gasteiger partial charge in [0.2, 0.25) is 5.91 Å². The van der Waals surface area contributed by atoms with Crippen molar-refractivity contribution in [1.82, 2.24) is 15.3 Å². The van der Waals surface area contributed by atoms with Crippen molar-refractivity contribution in [3.05, 3.63) is 65.0 Å². The van der Waals surface area contributed by atoms with Crippen LogP contribution in [0.25, 0.3) is 21.1 Å². The lowest BCUT2D eigenvalue weighted by Gasteiger charge is -2.13. The van der Waals surface area contributed by atoms with Crippen molar-refractivity contribution in [1.29, 1.82) is 0 Å². The molecule has 0 bridgehead atoms. The third kappa shape index (κ3) is 3.52. The van der Waals surface area contributed by atoms with Crippen LogP contribution in [0.1, 0.15) is 15.5 Å². The Bertz CT molecular complexity index is 1130. The van der Waals surface area contributed by atoms with E-state index in [4.69, 9.17) is 5.73 Å². The number of nitrogens with two attached hydrogens (primary N) is 1. The minimum absolute atomic E-state index is 0.0856. The highest BCUT2D eigenvalue weighted by atomic mass is 32.1. The Balaban J connectivity index is 1.54. The summed E-state index contributed by atoms with van der Waals surface area (Å²) in [4.78, 5) is 32.1. The van der Waals surface area contributed by atoms with E-state index in [1.165, 1.54) is 23.5 Å². The van der Waals surface area contributed by atoms with E-state index >= 15 is 0 Å². The lowest BCUT2D eigenvalue weighted by atomic mass is 10.2. The summed E-state index contributed by atoms with van der Waals surface area (Å²) in [5.41, 5.74) is 6.54. The third-order valence-electron chi connectivity index (χ3n) is 4.19. The van der Waals surface area contributed by atoms with Gasteiger partial charge in [-0.3, -0.25) is 9.59 Å². The number of fused-ring (bicyclic) bond motifs is 2. The van der Waals surface area contributed by atoms with Crippen molar-refractivity contribution in [2.75, 3.05) is 0 Å². The van der Waals surface area contributed by atoms with E-state index in [0.717, 1.165) is 10.1 Å². The quantitative estimate of drug-likeness (QED) is 0.495. The van der Waals surface area contributed by atoms with E-state index in [1.807, 2.05) is 24.3 Å². The smallest absolute Gasteiger partial charge is 0.262 e. The number of rotatable bonds is 5. The van der Waals surface area contributed by atoms with Crippen LogP contribution in [-0.2, 0) is 11.2 Å². The third-order valence-corrected chi connectivity index (χ3v) is 5.30. The van der Waals surface area contributed by atoms with Gasteiger partial charge in [-0.2, -0.15) is 0 Å². The molecule has 1 atom stereocenters. The summed E-state index contributed by atoms with van der Waals surface area (Å²) in [7, 11) is 0. The van der Waals surface area contributed by atoms with Gasteiger partial charge in [0.25, 0.3) is 5.91 Å². The number of nitrogens with one attached hydrogen (secondary N) is 2.